The third-order valence-electron chi connectivity index (χ3n) is 2.58. The first kappa shape index (κ1) is 14.1. The number of carbonyl (C=O) groups excluding carboxylic acids is 1. The normalized spacial score (nSPS) is 11.2. The lowest BCUT2D eigenvalue weighted by atomic mass is 10.1. The number of benzene rings is 1. The highest BCUT2D eigenvalue weighted by molar-refractivity contribution is 5.91. The number of nitrogens with one attached hydrogen (secondary N) is 1. The second-order valence-electron chi connectivity index (χ2n) is 5.51. The molecule has 1 aromatic heterocycles. The summed E-state index contributed by atoms with van der Waals surface area (Å²) in [6.45, 7) is 5.47. The topological polar surface area (TPSA) is 59.2 Å². The number of H-pyrrole nitrogens is 1. The van der Waals surface area contributed by atoms with E-state index in [1.54, 1.807) is 30.3 Å². The zero-order valence-corrected chi connectivity index (χ0v) is 11.8. The van der Waals surface area contributed by atoms with Gasteiger partial charge in [-0.05, 0) is 44.5 Å². The van der Waals surface area contributed by atoms with Gasteiger partial charge in [0.15, 0.2) is 0 Å². The second-order valence-corrected chi connectivity index (χ2v) is 5.51. The Balaban J connectivity index is 2.33. The van der Waals surface area contributed by atoms with Gasteiger partial charge in [0.25, 0.3) is 0 Å². The van der Waals surface area contributed by atoms with Gasteiger partial charge >= 0.3 is 5.97 Å². The molecule has 0 saturated heterocycles. The van der Waals surface area contributed by atoms with E-state index in [-0.39, 0.29) is 11.5 Å². The zero-order valence-electron chi connectivity index (χ0n) is 11.8. The van der Waals surface area contributed by atoms with Crippen molar-refractivity contribution in [3.8, 4) is 11.3 Å². The summed E-state index contributed by atoms with van der Waals surface area (Å²) in [7, 11) is 0. The average molecular weight is 271 g/mol. The number of aromatic amines is 1. The van der Waals surface area contributed by atoms with E-state index >= 15 is 0 Å². The maximum Gasteiger partial charge on any atom is 0.338 e. The van der Waals surface area contributed by atoms with Gasteiger partial charge in [-0.2, -0.15) is 0 Å². The van der Waals surface area contributed by atoms with E-state index in [2.05, 4.69) is 4.98 Å². The summed E-state index contributed by atoms with van der Waals surface area (Å²) in [6.07, 6.45) is 0. The molecule has 0 aliphatic carbocycles. The van der Waals surface area contributed by atoms with Gasteiger partial charge in [-0.25, -0.2) is 4.79 Å². The minimum absolute atomic E-state index is 0.176. The third-order valence-corrected chi connectivity index (χ3v) is 2.58. The molecular weight excluding hydrogens is 254 g/mol. The van der Waals surface area contributed by atoms with Gasteiger partial charge in [-0.15, -0.1) is 0 Å². The van der Waals surface area contributed by atoms with Crippen molar-refractivity contribution in [2.45, 2.75) is 26.4 Å². The van der Waals surface area contributed by atoms with Crippen molar-refractivity contribution in [2.75, 3.05) is 0 Å². The first-order valence-electron chi connectivity index (χ1n) is 6.38. The molecule has 2 aromatic rings. The van der Waals surface area contributed by atoms with E-state index in [1.165, 1.54) is 6.07 Å². The number of esters is 1. The lowest BCUT2D eigenvalue weighted by molar-refractivity contribution is 0.00696. The van der Waals surface area contributed by atoms with Crippen molar-refractivity contribution < 1.29 is 9.53 Å². The number of hydrogen-bond acceptors (Lipinski definition) is 3. The molecule has 0 bridgehead atoms. The van der Waals surface area contributed by atoms with Crippen LogP contribution in [-0.2, 0) is 4.74 Å². The lowest BCUT2D eigenvalue weighted by Gasteiger charge is -2.19. The first-order chi connectivity index (χ1) is 9.35. The molecular formula is C16H17NO3. The minimum atomic E-state index is -0.534. The molecule has 0 unspecified atom stereocenters. The highest BCUT2D eigenvalue weighted by atomic mass is 16.6. The Kier molecular flexibility index (Phi) is 3.74. The Morgan fingerprint density at radius 1 is 1.10 bits per heavy atom. The third kappa shape index (κ3) is 3.57. The molecule has 0 saturated carbocycles. The zero-order chi connectivity index (χ0) is 14.8. The van der Waals surface area contributed by atoms with Crippen molar-refractivity contribution in [1.29, 1.82) is 0 Å². The maximum absolute atomic E-state index is 12.0. The Morgan fingerprint density at radius 3 is 2.45 bits per heavy atom. The Hall–Kier alpha value is -2.36. The molecule has 0 spiro atoms. The van der Waals surface area contributed by atoms with Crippen LogP contribution >= 0.6 is 0 Å². The Labute approximate surface area is 117 Å². The molecule has 1 aromatic carbocycles. The van der Waals surface area contributed by atoms with Gasteiger partial charge in [-0.3, -0.25) is 4.79 Å². The predicted molar refractivity (Wildman–Crippen MR) is 77.7 cm³/mol. The van der Waals surface area contributed by atoms with Gasteiger partial charge in [0, 0.05) is 11.8 Å². The Bertz CT molecular complexity index is 680. The molecule has 104 valence electrons. The fraction of sp³-hybridized carbons (Fsp3) is 0.250. The summed E-state index contributed by atoms with van der Waals surface area (Å²) >= 11 is 0. The van der Waals surface area contributed by atoms with E-state index < -0.39 is 5.60 Å². The number of pyridine rings is 1. The summed E-state index contributed by atoms with van der Waals surface area (Å²) in [4.78, 5) is 26.1. The first-order valence-corrected chi connectivity index (χ1v) is 6.38. The van der Waals surface area contributed by atoms with Crippen LogP contribution in [0.4, 0.5) is 0 Å². The molecule has 0 amide bonds. The molecule has 1 N–H and O–H groups in total. The van der Waals surface area contributed by atoms with Crippen molar-refractivity contribution in [1.82, 2.24) is 4.98 Å². The molecule has 0 radical (unpaired) electrons. The molecule has 0 atom stereocenters. The smallest absolute Gasteiger partial charge is 0.338 e. The molecule has 2 rings (SSSR count). The quantitative estimate of drug-likeness (QED) is 0.854. The van der Waals surface area contributed by atoms with Gasteiger partial charge in [0.1, 0.15) is 5.60 Å². The predicted octanol–water partition coefficient (Wildman–Crippen LogP) is 3.00. The number of ether oxygens (including phenoxy) is 1. The SMILES string of the molecule is CC(C)(C)OC(=O)c1cccc(-c2cccc(=O)[nH]2)c1. The monoisotopic (exact) mass is 271 g/mol. The van der Waals surface area contributed by atoms with Crippen LogP contribution in [0.15, 0.2) is 47.3 Å². The van der Waals surface area contributed by atoms with Crippen LogP contribution in [0.2, 0.25) is 0 Å². The van der Waals surface area contributed by atoms with Crippen LogP contribution < -0.4 is 5.56 Å². The van der Waals surface area contributed by atoms with Gasteiger partial charge in [0.2, 0.25) is 5.56 Å². The van der Waals surface area contributed by atoms with Crippen molar-refractivity contribution in [3.63, 3.8) is 0 Å². The minimum Gasteiger partial charge on any atom is -0.456 e. The Morgan fingerprint density at radius 2 is 1.80 bits per heavy atom. The fourth-order valence-corrected chi connectivity index (χ4v) is 1.77. The molecule has 4 nitrogen and oxygen atoms in total. The molecule has 20 heavy (non-hydrogen) atoms. The summed E-state index contributed by atoms with van der Waals surface area (Å²) in [5.41, 5.74) is 1.19. The fourth-order valence-electron chi connectivity index (χ4n) is 1.77. The van der Waals surface area contributed by atoms with E-state index in [1.807, 2.05) is 26.8 Å². The second kappa shape index (κ2) is 5.33. The van der Waals surface area contributed by atoms with Crippen LogP contribution in [0.25, 0.3) is 11.3 Å². The van der Waals surface area contributed by atoms with E-state index in [0.29, 0.717) is 11.3 Å². The molecule has 0 fully saturated rings. The standard InChI is InChI=1S/C16H17NO3/c1-16(2,3)20-15(19)12-7-4-6-11(10-12)13-8-5-9-14(18)17-13/h4-10H,1-3H3,(H,17,18). The lowest BCUT2D eigenvalue weighted by Crippen LogP contribution is -2.23. The number of rotatable bonds is 2. The van der Waals surface area contributed by atoms with Crippen LogP contribution in [0, 0.1) is 0 Å². The average Bonchev–Trinajstić information content (AvgIpc) is 2.37. The van der Waals surface area contributed by atoms with E-state index in [9.17, 15) is 9.59 Å². The van der Waals surface area contributed by atoms with Crippen molar-refractivity contribution in [3.05, 3.63) is 58.4 Å². The van der Waals surface area contributed by atoms with Crippen LogP contribution in [-0.4, -0.2) is 16.6 Å². The van der Waals surface area contributed by atoms with E-state index in [4.69, 9.17) is 4.74 Å². The van der Waals surface area contributed by atoms with Crippen molar-refractivity contribution >= 4 is 5.97 Å². The van der Waals surface area contributed by atoms with E-state index in [0.717, 1.165) is 5.56 Å². The molecule has 4 heteroatoms. The van der Waals surface area contributed by atoms with Crippen LogP contribution in [0.1, 0.15) is 31.1 Å². The summed E-state index contributed by atoms with van der Waals surface area (Å²) in [6, 6.07) is 11.9. The highest BCUT2D eigenvalue weighted by Crippen LogP contribution is 2.19. The molecule has 1 heterocycles. The highest BCUT2D eigenvalue weighted by Gasteiger charge is 2.18. The number of hydrogen-bond donors (Lipinski definition) is 1. The summed E-state index contributed by atoms with van der Waals surface area (Å²) in [5.74, 6) is -0.377. The molecule has 0 aliphatic rings. The van der Waals surface area contributed by atoms with Crippen molar-refractivity contribution in [2.24, 2.45) is 0 Å². The van der Waals surface area contributed by atoms with Crippen LogP contribution in [0.3, 0.4) is 0 Å². The van der Waals surface area contributed by atoms with Gasteiger partial charge in [0.05, 0.1) is 5.56 Å². The summed E-state index contributed by atoms with van der Waals surface area (Å²) < 4.78 is 5.33. The maximum atomic E-state index is 12.0. The summed E-state index contributed by atoms with van der Waals surface area (Å²) in [5, 5.41) is 0. The van der Waals surface area contributed by atoms with Gasteiger partial charge in [-0.1, -0.05) is 18.2 Å². The number of carbonyl (C=O) groups is 1. The van der Waals surface area contributed by atoms with Crippen LogP contribution in [0.5, 0.6) is 0 Å². The molecule has 0 aliphatic heterocycles. The largest absolute Gasteiger partial charge is 0.456 e. The van der Waals surface area contributed by atoms with Gasteiger partial charge < -0.3 is 9.72 Å². The number of aromatic nitrogens is 1.